The highest BCUT2D eigenvalue weighted by Crippen LogP contribution is 2.27. The van der Waals surface area contributed by atoms with Crippen LogP contribution in [0.5, 0.6) is 11.5 Å². The van der Waals surface area contributed by atoms with Crippen molar-refractivity contribution in [2.45, 2.75) is 19.4 Å². The van der Waals surface area contributed by atoms with Gasteiger partial charge < -0.3 is 14.8 Å². The Morgan fingerprint density at radius 2 is 1.95 bits per heavy atom. The lowest BCUT2D eigenvalue weighted by Gasteiger charge is -2.14. The van der Waals surface area contributed by atoms with Gasteiger partial charge in [-0.25, -0.2) is 0 Å². The molecule has 0 radical (unpaired) electrons. The molecule has 0 fully saturated rings. The van der Waals surface area contributed by atoms with E-state index in [1.54, 1.807) is 14.2 Å². The van der Waals surface area contributed by atoms with Crippen molar-refractivity contribution in [2.24, 2.45) is 7.05 Å². The minimum absolute atomic E-state index is 0.276. The molecule has 1 heterocycles. The summed E-state index contributed by atoms with van der Waals surface area (Å²) < 4.78 is 12.5. The third-order valence-electron chi connectivity index (χ3n) is 3.61. The van der Waals surface area contributed by atoms with Crippen molar-refractivity contribution < 1.29 is 9.47 Å². The molecule has 2 rings (SSSR count). The maximum absolute atomic E-state index is 5.32. The Bertz CT molecular complexity index is 581. The van der Waals surface area contributed by atoms with Gasteiger partial charge in [-0.2, -0.15) is 5.10 Å². The minimum Gasteiger partial charge on any atom is -0.493 e. The van der Waals surface area contributed by atoms with Crippen LogP contribution in [0.15, 0.2) is 30.5 Å². The van der Waals surface area contributed by atoms with E-state index in [0.717, 1.165) is 24.5 Å². The molecule has 1 atom stereocenters. The zero-order chi connectivity index (χ0) is 15.2. The number of hydrogen-bond donors (Lipinski definition) is 1. The first kappa shape index (κ1) is 15.4. The molecule has 0 spiro atoms. The maximum atomic E-state index is 5.32. The topological polar surface area (TPSA) is 48.3 Å². The standard InChI is InChI=1S/C16H23N3O2/c1-12(14-8-10-18-19(14)2)17-9-7-13-5-6-15(20-3)16(11-13)21-4/h5-6,8,10-12,17H,7,9H2,1-4H3. The van der Waals surface area contributed by atoms with E-state index >= 15 is 0 Å². The van der Waals surface area contributed by atoms with Crippen LogP contribution in [-0.2, 0) is 13.5 Å². The van der Waals surface area contributed by atoms with E-state index in [4.69, 9.17) is 9.47 Å². The van der Waals surface area contributed by atoms with Gasteiger partial charge in [0.1, 0.15) is 0 Å². The van der Waals surface area contributed by atoms with Crippen LogP contribution in [0.2, 0.25) is 0 Å². The van der Waals surface area contributed by atoms with Crippen molar-refractivity contribution in [3.63, 3.8) is 0 Å². The summed E-state index contributed by atoms with van der Waals surface area (Å²) in [6.07, 6.45) is 2.75. The SMILES string of the molecule is COc1ccc(CCNC(C)c2ccnn2C)cc1OC. The van der Waals surface area contributed by atoms with Crippen LogP contribution >= 0.6 is 0 Å². The average Bonchev–Trinajstić information content (AvgIpc) is 2.93. The molecular formula is C16H23N3O2. The third kappa shape index (κ3) is 3.76. The van der Waals surface area contributed by atoms with Crippen molar-refractivity contribution in [1.29, 1.82) is 0 Å². The number of rotatable bonds is 7. The summed E-state index contributed by atoms with van der Waals surface area (Å²) in [4.78, 5) is 0. The third-order valence-corrected chi connectivity index (χ3v) is 3.61. The van der Waals surface area contributed by atoms with E-state index < -0.39 is 0 Å². The van der Waals surface area contributed by atoms with E-state index in [1.807, 2.05) is 36.1 Å². The van der Waals surface area contributed by atoms with Crippen LogP contribution < -0.4 is 14.8 Å². The second-order valence-corrected chi connectivity index (χ2v) is 4.99. The van der Waals surface area contributed by atoms with Crippen LogP contribution in [-0.4, -0.2) is 30.5 Å². The fraction of sp³-hybridized carbons (Fsp3) is 0.438. The Labute approximate surface area is 125 Å². The van der Waals surface area contributed by atoms with Gasteiger partial charge >= 0.3 is 0 Å². The van der Waals surface area contributed by atoms with Crippen molar-refractivity contribution in [3.05, 3.63) is 41.7 Å². The Kier molecular flexibility index (Phi) is 5.22. The van der Waals surface area contributed by atoms with Crippen molar-refractivity contribution in [3.8, 4) is 11.5 Å². The van der Waals surface area contributed by atoms with Crippen LogP contribution in [0.3, 0.4) is 0 Å². The molecule has 21 heavy (non-hydrogen) atoms. The number of aryl methyl sites for hydroxylation is 1. The van der Waals surface area contributed by atoms with Crippen LogP contribution in [0.25, 0.3) is 0 Å². The molecule has 0 aliphatic heterocycles. The number of nitrogens with one attached hydrogen (secondary N) is 1. The predicted molar refractivity (Wildman–Crippen MR) is 82.9 cm³/mol. The van der Waals surface area contributed by atoms with Gasteiger partial charge in [-0.1, -0.05) is 6.07 Å². The second kappa shape index (κ2) is 7.13. The molecule has 1 N–H and O–H groups in total. The van der Waals surface area contributed by atoms with Gasteiger partial charge in [0.05, 0.1) is 19.9 Å². The van der Waals surface area contributed by atoms with E-state index in [0.29, 0.717) is 0 Å². The molecule has 0 saturated carbocycles. The molecule has 0 aliphatic carbocycles. The highest BCUT2D eigenvalue weighted by atomic mass is 16.5. The summed E-state index contributed by atoms with van der Waals surface area (Å²) in [5.41, 5.74) is 2.40. The first-order valence-corrected chi connectivity index (χ1v) is 7.08. The van der Waals surface area contributed by atoms with Gasteiger partial charge in [-0.05, 0) is 43.7 Å². The van der Waals surface area contributed by atoms with Crippen molar-refractivity contribution >= 4 is 0 Å². The fourth-order valence-corrected chi connectivity index (χ4v) is 2.38. The highest BCUT2D eigenvalue weighted by Gasteiger charge is 2.09. The predicted octanol–water partition coefficient (Wildman–Crippen LogP) is 2.33. The second-order valence-electron chi connectivity index (χ2n) is 4.99. The van der Waals surface area contributed by atoms with Crippen LogP contribution in [0, 0.1) is 0 Å². The first-order chi connectivity index (χ1) is 10.2. The van der Waals surface area contributed by atoms with Crippen molar-refractivity contribution in [1.82, 2.24) is 15.1 Å². The maximum Gasteiger partial charge on any atom is 0.160 e. The molecule has 5 nitrogen and oxygen atoms in total. The van der Waals surface area contributed by atoms with Crippen LogP contribution in [0.1, 0.15) is 24.2 Å². The number of hydrogen-bond acceptors (Lipinski definition) is 4. The highest BCUT2D eigenvalue weighted by molar-refractivity contribution is 5.42. The number of benzene rings is 1. The largest absolute Gasteiger partial charge is 0.493 e. The number of ether oxygens (including phenoxy) is 2. The molecule has 114 valence electrons. The molecule has 1 unspecified atom stereocenters. The lowest BCUT2D eigenvalue weighted by molar-refractivity contribution is 0.354. The van der Waals surface area contributed by atoms with Gasteiger partial charge in [0.2, 0.25) is 0 Å². The number of aromatic nitrogens is 2. The van der Waals surface area contributed by atoms with E-state index in [-0.39, 0.29) is 6.04 Å². The zero-order valence-electron chi connectivity index (χ0n) is 13.1. The molecule has 1 aromatic heterocycles. The van der Waals surface area contributed by atoms with Gasteiger partial charge in [-0.3, -0.25) is 4.68 Å². The summed E-state index contributed by atoms with van der Waals surface area (Å²) >= 11 is 0. The summed E-state index contributed by atoms with van der Waals surface area (Å²) in [6, 6.07) is 8.34. The Morgan fingerprint density at radius 1 is 1.19 bits per heavy atom. The summed E-state index contributed by atoms with van der Waals surface area (Å²) in [5.74, 6) is 1.53. The summed E-state index contributed by atoms with van der Waals surface area (Å²) in [5, 5.41) is 7.70. The zero-order valence-corrected chi connectivity index (χ0v) is 13.1. The molecule has 2 aromatic rings. The fourth-order valence-electron chi connectivity index (χ4n) is 2.38. The molecule has 0 aliphatic rings. The molecule has 5 heteroatoms. The number of methoxy groups -OCH3 is 2. The molecule has 0 saturated heterocycles. The molecule has 1 aromatic carbocycles. The molecule has 0 bridgehead atoms. The number of nitrogens with zero attached hydrogens (tertiary/aromatic N) is 2. The Balaban J connectivity index is 1.90. The minimum atomic E-state index is 0.276. The van der Waals surface area contributed by atoms with Gasteiger partial charge in [0, 0.05) is 19.3 Å². The Hall–Kier alpha value is -2.01. The van der Waals surface area contributed by atoms with Gasteiger partial charge in [0.15, 0.2) is 11.5 Å². The van der Waals surface area contributed by atoms with Gasteiger partial charge in [-0.15, -0.1) is 0 Å². The Morgan fingerprint density at radius 3 is 2.57 bits per heavy atom. The van der Waals surface area contributed by atoms with Gasteiger partial charge in [0.25, 0.3) is 0 Å². The summed E-state index contributed by atoms with van der Waals surface area (Å²) in [7, 11) is 5.26. The monoisotopic (exact) mass is 289 g/mol. The smallest absolute Gasteiger partial charge is 0.160 e. The normalized spacial score (nSPS) is 12.2. The molecule has 0 amide bonds. The van der Waals surface area contributed by atoms with Crippen LogP contribution in [0.4, 0.5) is 0 Å². The van der Waals surface area contributed by atoms with E-state index in [2.05, 4.69) is 23.4 Å². The summed E-state index contributed by atoms with van der Waals surface area (Å²) in [6.45, 7) is 3.04. The lowest BCUT2D eigenvalue weighted by atomic mass is 10.1. The lowest BCUT2D eigenvalue weighted by Crippen LogP contribution is -2.23. The van der Waals surface area contributed by atoms with Crippen molar-refractivity contribution in [2.75, 3.05) is 20.8 Å². The molecular weight excluding hydrogens is 266 g/mol. The first-order valence-electron chi connectivity index (χ1n) is 7.08. The van der Waals surface area contributed by atoms with E-state index in [1.165, 1.54) is 11.3 Å². The quantitative estimate of drug-likeness (QED) is 0.850. The van der Waals surface area contributed by atoms with E-state index in [9.17, 15) is 0 Å². The average molecular weight is 289 g/mol.